The number of aliphatic hydroxyl groups is 2. The first-order chi connectivity index (χ1) is 27.4. The summed E-state index contributed by atoms with van der Waals surface area (Å²) in [6, 6.07) is 0. The smallest absolute Gasteiger partial charge is 0.465 e. The molecule has 0 rings (SSSR count). The molecule has 2 N–H and O–H groups in total. The number of allylic oxidation sites excluding steroid dienone is 4. The van der Waals surface area contributed by atoms with Crippen LogP contribution in [0.1, 0.15) is 208 Å². The van der Waals surface area contributed by atoms with E-state index in [1.54, 1.807) is 0 Å². The largest absolute Gasteiger partial charge is 0.508 e. The standard InChI is InChI=1S/C31H61NO6.C17H32O.W/c1-5-9-11-14-19-28(20-15-12-10-6-2)21-16-13-17-22-30(34)37-26-29(25-33)27-38-31(35)36-24-18-23-32(7-3)8-4;1-2-3-4-5-6-7-8-9-10-11-12-13-14-15-16-17-18;/h28-29,33H,5-27H2,1-4H3;6-7,9-10,18H,2-5,8,11-17H2,1H3;/b;7-6-,10-9-;. The number of aliphatic hydroxyl groups excluding tert-OH is 2. The molecule has 0 heterocycles. The van der Waals surface area contributed by atoms with E-state index in [-0.39, 0.29) is 46.9 Å². The molecular weight excluding hydrogens is 886 g/mol. The number of unbranched alkanes of at least 4 members (excludes halogenated alkanes) is 16. The van der Waals surface area contributed by atoms with Gasteiger partial charge in [-0.05, 0) is 70.4 Å². The van der Waals surface area contributed by atoms with E-state index in [2.05, 4.69) is 63.8 Å². The van der Waals surface area contributed by atoms with E-state index in [1.807, 2.05) is 0 Å². The first-order valence-electron chi connectivity index (χ1n) is 23.6. The van der Waals surface area contributed by atoms with Crippen molar-refractivity contribution >= 4 is 12.1 Å². The Bertz CT molecular complexity index is 856. The Labute approximate surface area is 367 Å². The first kappa shape index (κ1) is 60.1. The van der Waals surface area contributed by atoms with Crippen molar-refractivity contribution in [2.24, 2.45) is 11.8 Å². The molecule has 1 atom stereocenters. The van der Waals surface area contributed by atoms with Gasteiger partial charge in [0.05, 0.1) is 25.7 Å². The Balaban J connectivity index is -0.00000129. The van der Waals surface area contributed by atoms with Gasteiger partial charge in [-0.3, -0.25) is 4.79 Å². The molecule has 338 valence electrons. The van der Waals surface area contributed by atoms with Crippen LogP contribution in [0.5, 0.6) is 0 Å². The van der Waals surface area contributed by atoms with Gasteiger partial charge in [0.25, 0.3) is 0 Å². The Morgan fingerprint density at radius 1 is 0.544 bits per heavy atom. The predicted molar refractivity (Wildman–Crippen MR) is 237 cm³/mol. The molecule has 0 aromatic heterocycles. The zero-order chi connectivity index (χ0) is 41.6. The zero-order valence-electron chi connectivity index (χ0n) is 38.0. The van der Waals surface area contributed by atoms with Crippen LogP contribution >= 0.6 is 0 Å². The van der Waals surface area contributed by atoms with Crippen LogP contribution in [0.15, 0.2) is 24.3 Å². The molecule has 0 saturated carbocycles. The maximum atomic E-state index is 12.1. The monoisotopic (exact) mass is 980 g/mol. The molecule has 0 fully saturated rings. The van der Waals surface area contributed by atoms with E-state index in [1.165, 1.54) is 135 Å². The molecule has 0 amide bonds. The Morgan fingerprint density at radius 2 is 1.04 bits per heavy atom. The van der Waals surface area contributed by atoms with Crippen LogP contribution in [0.3, 0.4) is 0 Å². The van der Waals surface area contributed by atoms with E-state index in [4.69, 9.17) is 19.3 Å². The Kier molecular flexibility index (Phi) is 53.7. The molecular formula is C48H93NO7W. The number of hydrogen-bond donors (Lipinski definition) is 2. The van der Waals surface area contributed by atoms with Crippen LogP contribution < -0.4 is 0 Å². The van der Waals surface area contributed by atoms with Crippen LogP contribution in [0.25, 0.3) is 0 Å². The van der Waals surface area contributed by atoms with Crippen molar-refractivity contribution in [3.05, 3.63) is 24.3 Å². The van der Waals surface area contributed by atoms with Crippen molar-refractivity contribution in [1.29, 1.82) is 0 Å². The quantitative estimate of drug-likeness (QED) is 0.0355. The molecule has 0 aliphatic heterocycles. The van der Waals surface area contributed by atoms with E-state index < -0.39 is 12.1 Å². The van der Waals surface area contributed by atoms with Gasteiger partial charge in [0.15, 0.2) is 0 Å². The summed E-state index contributed by atoms with van der Waals surface area (Å²) in [5.74, 6) is 0.136. The molecule has 9 heteroatoms. The van der Waals surface area contributed by atoms with Crippen molar-refractivity contribution in [1.82, 2.24) is 4.90 Å². The van der Waals surface area contributed by atoms with E-state index in [0.717, 1.165) is 57.7 Å². The fraction of sp³-hybridized carbons (Fsp3) is 0.875. The van der Waals surface area contributed by atoms with Crippen LogP contribution in [-0.4, -0.2) is 79.9 Å². The normalized spacial score (nSPS) is 11.9. The average Bonchev–Trinajstić information content (AvgIpc) is 3.21. The second kappa shape index (κ2) is 50.9. The molecule has 0 aliphatic carbocycles. The van der Waals surface area contributed by atoms with E-state index >= 15 is 0 Å². The number of ether oxygens (including phenoxy) is 3. The second-order valence-electron chi connectivity index (χ2n) is 15.6. The van der Waals surface area contributed by atoms with Crippen LogP contribution in [0, 0.1) is 11.8 Å². The number of nitrogens with zero attached hydrogens (tertiary/aromatic N) is 1. The molecule has 0 bridgehead atoms. The van der Waals surface area contributed by atoms with E-state index in [0.29, 0.717) is 19.6 Å². The van der Waals surface area contributed by atoms with Crippen molar-refractivity contribution in [3.63, 3.8) is 0 Å². The van der Waals surface area contributed by atoms with Crippen LogP contribution in [-0.2, 0) is 40.1 Å². The summed E-state index contributed by atoms with van der Waals surface area (Å²) in [5, 5.41) is 18.2. The fourth-order valence-corrected chi connectivity index (χ4v) is 6.60. The molecule has 0 spiro atoms. The van der Waals surface area contributed by atoms with Gasteiger partial charge in [0.1, 0.15) is 6.61 Å². The van der Waals surface area contributed by atoms with Gasteiger partial charge in [-0.2, -0.15) is 0 Å². The molecule has 57 heavy (non-hydrogen) atoms. The molecule has 0 radical (unpaired) electrons. The van der Waals surface area contributed by atoms with Gasteiger partial charge in [0.2, 0.25) is 0 Å². The summed E-state index contributed by atoms with van der Waals surface area (Å²) in [7, 11) is 0. The Hall–Kier alpha value is -1.21. The van der Waals surface area contributed by atoms with Crippen molar-refractivity contribution in [2.75, 3.05) is 52.7 Å². The summed E-state index contributed by atoms with van der Waals surface area (Å²) in [4.78, 5) is 26.2. The topological polar surface area (TPSA) is 106 Å². The second-order valence-corrected chi connectivity index (χ2v) is 15.6. The van der Waals surface area contributed by atoms with Crippen molar-refractivity contribution in [2.45, 2.75) is 208 Å². The van der Waals surface area contributed by atoms with Gasteiger partial charge < -0.3 is 29.3 Å². The molecule has 0 aliphatic rings. The summed E-state index contributed by atoms with van der Waals surface area (Å²) >= 11 is 0. The number of rotatable bonds is 40. The number of esters is 1. The summed E-state index contributed by atoms with van der Waals surface area (Å²) < 4.78 is 15.5. The maximum Gasteiger partial charge on any atom is 0.508 e. The van der Waals surface area contributed by atoms with Crippen molar-refractivity contribution in [3.8, 4) is 0 Å². The predicted octanol–water partition coefficient (Wildman–Crippen LogP) is 12.9. The fourth-order valence-electron chi connectivity index (χ4n) is 6.60. The zero-order valence-corrected chi connectivity index (χ0v) is 40.9. The van der Waals surface area contributed by atoms with Crippen molar-refractivity contribution < 1.29 is 55.1 Å². The molecule has 0 saturated heterocycles. The molecule has 0 aromatic carbocycles. The minimum absolute atomic E-state index is 0. The third-order valence-electron chi connectivity index (χ3n) is 10.4. The van der Waals surface area contributed by atoms with E-state index in [9.17, 15) is 14.7 Å². The minimum Gasteiger partial charge on any atom is -0.465 e. The first-order valence-corrected chi connectivity index (χ1v) is 23.6. The van der Waals surface area contributed by atoms with Crippen LogP contribution in [0.2, 0.25) is 0 Å². The summed E-state index contributed by atoms with van der Waals surface area (Å²) in [6.45, 7) is 14.2. The summed E-state index contributed by atoms with van der Waals surface area (Å²) in [5.41, 5.74) is 0. The van der Waals surface area contributed by atoms with Crippen LogP contribution in [0.4, 0.5) is 4.79 Å². The molecule has 8 nitrogen and oxygen atoms in total. The third kappa shape index (κ3) is 47.3. The number of hydrogen-bond acceptors (Lipinski definition) is 8. The third-order valence-corrected chi connectivity index (χ3v) is 10.4. The maximum absolute atomic E-state index is 12.1. The van der Waals surface area contributed by atoms with Gasteiger partial charge in [-0.25, -0.2) is 4.79 Å². The molecule has 0 aromatic rings. The van der Waals surface area contributed by atoms with Gasteiger partial charge in [-0.15, -0.1) is 0 Å². The Morgan fingerprint density at radius 3 is 1.58 bits per heavy atom. The van der Waals surface area contributed by atoms with Gasteiger partial charge in [-0.1, -0.05) is 174 Å². The number of carbonyl (C=O) groups is 2. The average molecular weight is 980 g/mol. The minimum atomic E-state index is -0.747. The summed E-state index contributed by atoms with van der Waals surface area (Å²) in [6.07, 6.45) is 40.8. The molecule has 1 unspecified atom stereocenters. The number of carbonyl (C=O) groups excluding carboxylic acids is 2. The van der Waals surface area contributed by atoms with Gasteiger partial charge >= 0.3 is 12.1 Å². The van der Waals surface area contributed by atoms with Gasteiger partial charge in [0, 0.05) is 40.6 Å². The SMILES string of the molecule is CCCCC/C=C\C/C=C\CCCCCCCO.CCCCCCC(CCCCCC)CCCCCC(=O)OCC(CO)COC(=O)OCCCN(CC)CC.[W].